The fourth-order valence-electron chi connectivity index (χ4n) is 1.77. The third-order valence-electron chi connectivity index (χ3n) is 3.00. The van der Waals surface area contributed by atoms with Crippen LogP contribution in [0.5, 0.6) is 11.5 Å². The Bertz CT molecular complexity index is 836. The topological polar surface area (TPSA) is 52.6 Å². The van der Waals surface area contributed by atoms with Crippen molar-refractivity contribution in [3.8, 4) is 11.5 Å². The Balaban J connectivity index is 2.36. The van der Waals surface area contributed by atoms with Crippen LogP contribution < -0.4 is 9.47 Å². The largest absolute Gasteiger partial charge is 0.423 e. The summed E-state index contributed by atoms with van der Waals surface area (Å²) in [4.78, 5) is 23.0. The van der Waals surface area contributed by atoms with E-state index in [0.29, 0.717) is 5.39 Å². The molecule has 4 nitrogen and oxygen atoms in total. The second-order valence-electron chi connectivity index (χ2n) is 5.10. The first-order valence-electron chi connectivity index (χ1n) is 6.77. The molecule has 0 saturated heterocycles. The zero-order chi connectivity index (χ0) is 17.1. The van der Waals surface area contributed by atoms with Crippen LogP contribution >= 0.6 is 0 Å². The van der Waals surface area contributed by atoms with E-state index in [0.717, 1.165) is 0 Å². The van der Waals surface area contributed by atoms with Crippen LogP contribution in [0.4, 0.5) is 4.39 Å². The summed E-state index contributed by atoms with van der Waals surface area (Å²) in [6.45, 7) is 9.94. The summed E-state index contributed by atoms with van der Waals surface area (Å²) in [6.07, 6.45) is 0. The first kappa shape index (κ1) is 16.4. The summed E-state index contributed by atoms with van der Waals surface area (Å²) in [6, 6.07) is 7.32. The summed E-state index contributed by atoms with van der Waals surface area (Å²) < 4.78 is 24.4. The first-order chi connectivity index (χ1) is 10.8. The van der Waals surface area contributed by atoms with Gasteiger partial charge in [-0.15, -0.1) is 0 Å². The molecule has 0 heterocycles. The van der Waals surface area contributed by atoms with Gasteiger partial charge in [-0.25, -0.2) is 14.0 Å². The van der Waals surface area contributed by atoms with Gasteiger partial charge in [-0.2, -0.15) is 0 Å². The molecule has 0 atom stereocenters. The van der Waals surface area contributed by atoms with Crippen molar-refractivity contribution in [2.75, 3.05) is 0 Å². The predicted octanol–water partition coefficient (Wildman–Crippen LogP) is 3.94. The maximum absolute atomic E-state index is 14.4. The Morgan fingerprint density at radius 2 is 1.57 bits per heavy atom. The minimum absolute atomic E-state index is 0.173. The Morgan fingerprint density at radius 1 is 0.957 bits per heavy atom. The van der Waals surface area contributed by atoms with Crippen molar-refractivity contribution in [2.45, 2.75) is 13.8 Å². The lowest BCUT2D eigenvalue weighted by molar-refractivity contribution is -0.131. The summed E-state index contributed by atoms with van der Waals surface area (Å²) in [7, 11) is 0. The van der Waals surface area contributed by atoms with Crippen molar-refractivity contribution in [3.05, 3.63) is 60.5 Å². The number of rotatable bonds is 4. The van der Waals surface area contributed by atoms with E-state index in [2.05, 4.69) is 13.2 Å². The lowest BCUT2D eigenvalue weighted by atomic mass is 10.1. The van der Waals surface area contributed by atoms with Gasteiger partial charge in [0, 0.05) is 16.5 Å². The average Bonchev–Trinajstić information content (AvgIpc) is 2.49. The van der Waals surface area contributed by atoms with E-state index in [-0.39, 0.29) is 28.0 Å². The number of benzene rings is 2. The molecule has 0 bridgehead atoms. The number of fused-ring (bicyclic) bond motifs is 1. The SMILES string of the molecule is C=C(C)C(=O)Oc1ccc2c(F)c(OC(=O)C(=C)C)ccc2c1. The highest BCUT2D eigenvalue weighted by Crippen LogP contribution is 2.29. The van der Waals surface area contributed by atoms with E-state index in [9.17, 15) is 14.0 Å². The van der Waals surface area contributed by atoms with E-state index < -0.39 is 17.8 Å². The third-order valence-corrected chi connectivity index (χ3v) is 3.00. The molecule has 2 rings (SSSR count). The van der Waals surface area contributed by atoms with Crippen LogP contribution in [0, 0.1) is 5.82 Å². The molecule has 23 heavy (non-hydrogen) atoms. The molecule has 0 spiro atoms. The molecule has 2 aromatic rings. The molecule has 2 aromatic carbocycles. The number of halogens is 1. The van der Waals surface area contributed by atoms with Crippen LogP contribution in [-0.2, 0) is 9.59 Å². The van der Waals surface area contributed by atoms with Crippen molar-refractivity contribution in [1.82, 2.24) is 0 Å². The predicted molar refractivity (Wildman–Crippen MR) is 84.8 cm³/mol. The van der Waals surface area contributed by atoms with E-state index in [1.165, 1.54) is 38.1 Å². The Labute approximate surface area is 132 Å². The van der Waals surface area contributed by atoms with Crippen LogP contribution in [0.1, 0.15) is 13.8 Å². The number of esters is 2. The standard InChI is InChI=1S/C18H15FO4/c1-10(2)17(20)22-13-6-7-14-12(9-13)5-8-15(16(14)19)23-18(21)11(3)4/h5-9H,1,3H2,2,4H3. The monoisotopic (exact) mass is 314 g/mol. The Hall–Kier alpha value is -2.95. The third kappa shape index (κ3) is 3.63. The van der Waals surface area contributed by atoms with Crippen LogP contribution in [-0.4, -0.2) is 11.9 Å². The molecule has 0 N–H and O–H groups in total. The summed E-state index contributed by atoms with van der Waals surface area (Å²) in [5.41, 5.74) is 0.435. The van der Waals surface area contributed by atoms with E-state index in [1.807, 2.05) is 0 Å². The zero-order valence-electron chi connectivity index (χ0n) is 12.8. The van der Waals surface area contributed by atoms with Crippen molar-refractivity contribution in [2.24, 2.45) is 0 Å². The number of hydrogen-bond donors (Lipinski definition) is 0. The molecule has 118 valence electrons. The Morgan fingerprint density at radius 3 is 2.17 bits per heavy atom. The molecule has 0 saturated carbocycles. The molecule has 0 aliphatic carbocycles. The van der Waals surface area contributed by atoms with Crippen molar-refractivity contribution in [1.29, 1.82) is 0 Å². The fourth-order valence-corrected chi connectivity index (χ4v) is 1.77. The molecular formula is C18H15FO4. The van der Waals surface area contributed by atoms with Crippen LogP contribution in [0.3, 0.4) is 0 Å². The van der Waals surface area contributed by atoms with Crippen molar-refractivity contribution >= 4 is 22.7 Å². The quantitative estimate of drug-likeness (QED) is 0.487. The number of ether oxygens (including phenoxy) is 2. The minimum Gasteiger partial charge on any atom is -0.423 e. The smallest absolute Gasteiger partial charge is 0.338 e. The Kier molecular flexibility index (Phi) is 4.60. The molecule has 0 amide bonds. The molecule has 0 unspecified atom stereocenters. The second kappa shape index (κ2) is 6.44. The molecular weight excluding hydrogens is 299 g/mol. The highest BCUT2D eigenvalue weighted by atomic mass is 19.1. The van der Waals surface area contributed by atoms with Gasteiger partial charge in [-0.05, 0) is 43.5 Å². The van der Waals surface area contributed by atoms with Crippen LogP contribution in [0.15, 0.2) is 54.6 Å². The van der Waals surface area contributed by atoms with Gasteiger partial charge in [0.25, 0.3) is 0 Å². The van der Waals surface area contributed by atoms with Crippen LogP contribution in [0.2, 0.25) is 0 Å². The van der Waals surface area contributed by atoms with Gasteiger partial charge in [0.05, 0.1) is 0 Å². The highest BCUT2D eigenvalue weighted by Gasteiger charge is 2.14. The van der Waals surface area contributed by atoms with E-state index in [1.54, 1.807) is 6.07 Å². The molecule has 0 radical (unpaired) electrons. The maximum atomic E-state index is 14.4. The van der Waals surface area contributed by atoms with Crippen molar-refractivity contribution < 1.29 is 23.5 Å². The van der Waals surface area contributed by atoms with Gasteiger partial charge in [0.15, 0.2) is 11.6 Å². The van der Waals surface area contributed by atoms with Gasteiger partial charge in [-0.3, -0.25) is 0 Å². The van der Waals surface area contributed by atoms with Gasteiger partial charge in [-0.1, -0.05) is 19.2 Å². The normalized spacial score (nSPS) is 10.2. The van der Waals surface area contributed by atoms with E-state index in [4.69, 9.17) is 9.47 Å². The molecule has 0 aliphatic rings. The summed E-state index contributed by atoms with van der Waals surface area (Å²) >= 11 is 0. The van der Waals surface area contributed by atoms with Gasteiger partial charge in [0.1, 0.15) is 5.75 Å². The molecule has 0 fully saturated rings. The van der Waals surface area contributed by atoms with Gasteiger partial charge in [0.2, 0.25) is 0 Å². The lowest BCUT2D eigenvalue weighted by Gasteiger charge is -2.09. The van der Waals surface area contributed by atoms with Gasteiger partial charge < -0.3 is 9.47 Å². The number of carbonyl (C=O) groups is 2. The molecule has 0 aromatic heterocycles. The first-order valence-corrected chi connectivity index (χ1v) is 6.77. The second-order valence-corrected chi connectivity index (χ2v) is 5.10. The molecule has 0 aliphatic heterocycles. The lowest BCUT2D eigenvalue weighted by Crippen LogP contribution is -2.09. The highest BCUT2D eigenvalue weighted by molar-refractivity contribution is 5.92. The van der Waals surface area contributed by atoms with Crippen molar-refractivity contribution in [3.63, 3.8) is 0 Å². The molecule has 5 heteroatoms. The number of hydrogen-bond acceptors (Lipinski definition) is 4. The summed E-state index contributed by atoms with van der Waals surface area (Å²) in [5.74, 6) is -1.84. The number of carbonyl (C=O) groups excluding carboxylic acids is 2. The maximum Gasteiger partial charge on any atom is 0.338 e. The van der Waals surface area contributed by atoms with Gasteiger partial charge >= 0.3 is 11.9 Å². The van der Waals surface area contributed by atoms with E-state index >= 15 is 0 Å². The summed E-state index contributed by atoms with van der Waals surface area (Å²) in [5, 5.41) is 0.747. The fraction of sp³-hybridized carbons (Fsp3) is 0.111. The minimum atomic E-state index is -0.699. The van der Waals surface area contributed by atoms with Crippen LogP contribution in [0.25, 0.3) is 10.8 Å². The zero-order valence-corrected chi connectivity index (χ0v) is 12.8. The average molecular weight is 314 g/mol.